The molecular weight excluding hydrogens is 350 g/mol. The van der Waals surface area contributed by atoms with E-state index in [9.17, 15) is 9.59 Å². The standard InChI is InChI=1S/C19H17N3O3S/c1-13-6-8-14(9-7-13)10-11-17(23)21-22-18(24)12-26-19-20-15-4-2-3-5-16(15)25-19/h2-11H,12H2,1H3,(H,21,23)(H,22,24)/b11-10+. The Morgan fingerprint density at radius 3 is 2.65 bits per heavy atom. The zero-order chi connectivity index (χ0) is 18.4. The number of hydrogen-bond acceptors (Lipinski definition) is 5. The highest BCUT2D eigenvalue weighted by atomic mass is 32.2. The van der Waals surface area contributed by atoms with Crippen LogP contribution < -0.4 is 10.9 Å². The van der Waals surface area contributed by atoms with Crippen molar-refractivity contribution in [3.63, 3.8) is 0 Å². The Morgan fingerprint density at radius 1 is 1.12 bits per heavy atom. The lowest BCUT2D eigenvalue weighted by Crippen LogP contribution is -2.41. The molecule has 0 aliphatic carbocycles. The van der Waals surface area contributed by atoms with Crippen LogP contribution in [0.5, 0.6) is 0 Å². The molecule has 2 aromatic carbocycles. The minimum absolute atomic E-state index is 0.0782. The monoisotopic (exact) mass is 367 g/mol. The topological polar surface area (TPSA) is 84.2 Å². The molecule has 0 unspecified atom stereocenters. The van der Waals surface area contributed by atoms with Crippen LogP contribution >= 0.6 is 11.8 Å². The summed E-state index contributed by atoms with van der Waals surface area (Å²) in [6.45, 7) is 1.99. The number of aryl methyl sites for hydroxylation is 1. The number of hydrogen-bond donors (Lipinski definition) is 2. The van der Waals surface area contributed by atoms with Gasteiger partial charge in [0, 0.05) is 6.08 Å². The molecule has 2 N–H and O–H groups in total. The van der Waals surface area contributed by atoms with E-state index in [1.54, 1.807) is 6.08 Å². The second kappa shape index (κ2) is 8.35. The summed E-state index contributed by atoms with van der Waals surface area (Å²) in [6.07, 6.45) is 3.03. The van der Waals surface area contributed by atoms with Gasteiger partial charge in [0.25, 0.3) is 11.1 Å². The van der Waals surface area contributed by atoms with Crippen LogP contribution in [-0.4, -0.2) is 22.6 Å². The molecule has 1 heterocycles. The van der Waals surface area contributed by atoms with Crippen LogP contribution in [0.4, 0.5) is 0 Å². The van der Waals surface area contributed by atoms with Gasteiger partial charge in [0.1, 0.15) is 5.52 Å². The summed E-state index contributed by atoms with van der Waals surface area (Å²) in [6, 6.07) is 15.1. The molecule has 0 saturated heterocycles. The lowest BCUT2D eigenvalue weighted by atomic mass is 10.1. The summed E-state index contributed by atoms with van der Waals surface area (Å²) in [5, 5.41) is 0.409. The molecule has 0 bridgehead atoms. The van der Waals surface area contributed by atoms with E-state index in [1.807, 2.05) is 55.5 Å². The first-order valence-corrected chi connectivity index (χ1v) is 8.91. The Balaban J connectivity index is 1.43. The lowest BCUT2D eigenvalue weighted by Gasteiger charge is -2.03. The highest BCUT2D eigenvalue weighted by Gasteiger charge is 2.09. The molecule has 0 fully saturated rings. The van der Waals surface area contributed by atoms with Crippen LogP contribution in [0.15, 0.2) is 64.2 Å². The van der Waals surface area contributed by atoms with E-state index >= 15 is 0 Å². The minimum Gasteiger partial charge on any atom is -0.431 e. The molecule has 0 atom stereocenters. The Labute approximate surface area is 154 Å². The zero-order valence-electron chi connectivity index (χ0n) is 14.1. The quantitative estimate of drug-likeness (QED) is 0.411. The molecule has 0 saturated carbocycles. The maximum absolute atomic E-state index is 11.8. The second-order valence-electron chi connectivity index (χ2n) is 5.52. The molecule has 1 aromatic heterocycles. The van der Waals surface area contributed by atoms with Crippen molar-refractivity contribution in [3.05, 3.63) is 65.7 Å². The number of nitrogens with one attached hydrogen (secondary N) is 2. The molecular formula is C19H17N3O3S. The van der Waals surface area contributed by atoms with Gasteiger partial charge in [-0.05, 0) is 30.7 Å². The van der Waals surface area contributed by atoms with Gasteiger partial charge in [-0.2, -0.15) is 0 Å². The summed E-state index contributed by atoms with van der Waals surface area (Å²) in [7, 11) is 0. The number of carbonyl (C=O) groups excluding carboxylic acids is 2. The molecule has 0 spiro atoms. The number of nitrogens with zero attached hydrogens (tertiary/aromatic N) is 1. The number of oxazole rings is 1. The van der Waals surface area contributed by atoms with Gasteiger partial charge in [-0.3, -0.25) is 20.4 Å². The molecule has 132 valence electrons. The molecule has 0 radical (unpaired) electrons. The number of hydrazine groups is 1. The smallest absolute Gasteiger partial charge is 0.262 e. The summed E-state index contributed by atoms with van der Waals surface area (Å²) in [5.41, 5.74) is 8.16. The van der Waals surface area contributed by atoms with Crippen molar-refractivity contribution in [2.75, 3.05) is 5.75 Å². The molecule has 0 aliphatic rings. The third kappa shape index (κ3) is 4.97. The first-order chi connectivity index (χ1) is 12.6. The van der Waals surface area contributed by atoms with E-state index in [4.69, 9.17) is 4.42 Å². The number of carbonyl (C=O) groups is 2. The summed E-state index contributed by atoms with van der Waals surface area (Å²) in [4.78, 5) is 27.8. The van der Waals surface area contributed by atoms with Crippen molar-refractivity contribution in [1.29, 1.82) is 0 Å². The minimum atomic E-state index is -0.411. The van der Waals surface area contributed by atoms with Crippen LogP contribution in [0.25, 0.3) is 17.2 Å². The van der Waals surface area contributed by atoms with Gasteiger partial charge in [0.2, 0.25) is 5.91 Å². The first kappa shape index (κ1) is 17.8. The molecule has 3 rings (SSSR count). The first-order valence-electron chi connectivity index (χ1n) is 7.92. The maximum atomic E-state index is 11.8. The molecule has 7 heteroatoms. The molecule has 26 heavy (non-hydrogen) atoms. The van der Waals surface area contributed by atoms with E-state index in [2.05, 4.69) is 15.8 Å². The van der Waals surface area contributed by atoms with Crippen LogP contribution in [0.3, 0.4) is 0 Å². The number of thioether (sulfide) groups is 1. The van der Waals surface area contributed by atoms with Gasteiger partial charge >= 0.3 is 0 Å². The number of fused-ring (bicyclic) bond motifs is 1. The highest BCUT2D eigenvalue weighted by molar-refractivity contribution is 7.99. The van der Waals surface area contributed by atoms with Crippen LogP contribution in [-0.2, 0) is 9.59 Å². The second-order valence-corrected chi connectivity index (χ2v) is 6.44. The highest BCUT2D eigenvalue weighted by Crippen LogP contribution is 2.22. The summed E-state index contributed by atoms with van der Waals surface area (Å²) in [5.74, 6) is -0.686. The fourth-order valence-corrected chi connectivity index (χ4v) is 2.74. The van der Waals surface area contributed by atoms with Crippen molar-refractivity contribution in [2.24, 2.45) is 0 Å². The van der Waals surface area contributed by atoms with Crippen LogP contribution in [0.2, 0.25) is 0 Å². The third-order valence-corrected chi connectivity index (χ3v) is 4.26. The Morgan fingerprint density at radius 2 is 1.88 bits per heavy atom. The predicted octanol–water partition coefficient (Wildman–Crippen LogP) is 3.09. The molecule has 3 aromatic rings. The van der Waals surface area contributed by atoms with Crippen molar-refractivity contribution < 1.29 is 14.0 Å². The number of amides is 2. The lowest BCUT2D eigenvalue weighted by molar-refractivity contribution is -0.125. The Bertz CT molecular complexity index is 915. The predicted molar refractivity (Wildman–Crippen MR) is 101 cm³/mol. The molecule has 6 nitrogen and oxygen atoms in total. The van der Waals surface area contributed by atoms with E-state index in [-0.39, 0.29) is 11.7 Å². The van der Waals surface area contributed by atoms with Gasteiger partial charge in [-0.25, -0.2) is 4.98 Å². The fourth-order valence-electron chi connectivity index (χ4n) is 2.10. The normalized spacial score (nSPS) is 11.0. The number of rotatable bonds is 5. The largest absolute Gasteiger partial charge is 0.431 e. The zero-order valence-corrected chi connectivity index (χ0v) is 14.9. The van der Waals surface area contributed by atoms with Gasteiger partial charge in [-0.1, -0.05) is 53.7 Å². The number of para-hydroxylation sites is 2. The average molecular weight is 367 g/mol. The number of aromatic nitrogens is 1. The van der Waals surface area contributed by atoms with E-state index in [1.165, 1.54) is 6.08 Å². The Kier molecular flexibility index (Phi) is 5.70. The van der Waals surface area contributed by atoms with Crippen molar-refractivity contribution in [3.8, 4) is 0 Å². The van der Waals surface area contributed by atoms with Gasteiger partial charge < -0.3 is 4.42 Å². The SMILES string of the molecule is Cc1ccc(/C=C/C(=O)NNC(=O)CSc2nc3ccccc3o2)cc1. The number of benzene rings is 2. The maximum Gasteiger partial charge on any atom is 0.262 e. The summed E-state index contributed by atoms with van der Waals surface area (Å²) >= 11 is 1.16. The van der Waals surface area contributed by atoms with E-state index in [0.29, 0.717) is 10.8 Å². The molecule has 0 aliphatic heterocycles. The van der Waals surface area contributed by atoms with Crippen molar-refractivity contribution >= 4 is 40.8 Å². The van der Waals surface area contributed by atoms with E-state index in [0.717, 1.165) is 28.4 Å². The van der Waals surface area contributed by atoms with Gasteiger partial charge in [0.15, 0.2) is 5.58 Å². The third-order valence-electron chi connectivity index (χ3n) is 3.43. The van der Waals surface area contributed by atoms with Crippen molar-refractivity contribution in [2.45, 2.75) is 12.1 Å². The van der Waals surface area contributed by atoms with Gasteiger partial charge in [0.05, 0.1) is 5.75 Å². The van der Waals surface area contributed by atoms with E-state index < -0.39 is 5.91 Å². The Hall–Kier alpha value is -3.06. The van der Waals surface area contributed by atoms with Crippen molar-refractivity contribution in [1.82, 2.24) is 15.8 Å². The fraction of sp³-hybridized carbons (Fsp3) is 0.105. The van der Waals surface area contributed by atoms with Crippen LogP contribution in [0, 0.1) is 6.92 Å². The van der Waals surface area contributed by atoms with Gasteiger partial charge in [-0.15, -0.1) is 0 Å². The van der Waals surface area contributed by atoms with Crippen LogP contribution in [0.1, 0.15) is 11.1 Å². The average Bonchev–Trinajstić information content (AvgIpc) is 3.07. The molecule has 2 amide bonds. The summed E-state index contributed by atoms with van der Waals surface area (Å²) < 4.78 is 5.51.